The average Bonchev–Trinajstić information content (AvgIpc) is 2.62. The minimum Gasteiger partial charge on any atom is -0.459 e. The van der Waals surface area contributed by atoms with Crippen molar-refractivity contribution in [3.8, 4) is 6.07 Å². The molecule has 0 radical (unpaired) electrons. The molecule has 1 atom stereocenters. The Morgan fingerprint density at radius 3 is 2.68 bits per heavy atom. The number of esters is 1. The highest BCUT2D eigenvalue weighted by molar-refractivity contribution is 5.91. The summed E-state index contributed by atoms with van der Waals surface area (Å²) in [5.41, 5.74) is 1.67. The van der Waals surface area contributed by atoms with Gasteiger partial charge in [-0.15, -0.1) is 0 Å². The first-order valence-electron chi connectivity index (χ1n) is 9.12. The summed E-state index contributed by atoms with van der Waals surface area (Å²) >= 11 is 0. The molecule has 0 amide bonds. The smallest absolute Gasteiger partial charge is 0.338 e. The van der Waals surface area contributed by atoms with Crippen LogP contribution in [0.4, 0.5) is 4.39 Å². The van der Waals surface area contributed by atoms with Crippen molar-refractivity contribution in [2.24, 2.45) is 5.92 Å². The maximum atomic E-state index is 13.1. The predicted molar refractivity (Wildman–Crippen MR) is 95.7 cm³/mol. The Hall–Kier alpha value is -2.15. The first-order chi connectivity index (χ1) is 12.0. The molecule has 0 bridgehead atoms. The molecule has 1 aliphatic rings. The molecule has 134 valence electrons. The molecule has 1 aliphatic carbocycles. The molecule has 1 fully saturated rings. The van der Waals surface area contributed by atoms with E-state index in [4.69, 9.17) is 10.00 Å². The van der Waals surface area contributed by atoms with Crippen LogP contribution in [-0.2, 0) is 4.74 Å². The SMILES string of the molecule is CCCC(C)OC(=O)c1ccccc1[C@H]1CC[C@H](C=C(F)C#N)CC1. The Bertz CT molecular complexity index is 654. The fraction of sp³-hybridized carbons (Fsp3) is 0.524. The number of hydrogen-bond acceptors (Lipinski definition) is 3. The zero-order chi connectivity index (χ0) is 18.2. The summed E-state index contributed by atoms with van der Waals surface area (Å²) in [7, 11) is 0. The lowest BCUT2D eigenvalue weighted by atomic mass is 9.77. The molecular formula is C21H26FNO2. The largest absolute Gasteiger partial charge is 0.459 e. The van der Waals surface area contributed by atoms with Crippen molar-refractivity contribution >= 4 is 5.97 Å². The molecule has 2 rings (SSSR count). The van der Waals surface area contributed by atoms with Gasteiger partial charge in [0.2, 0.25) is 0 Å². The maximum Gasteiger partial charge on any atom is 0.338 e. The Kier molecular flexibility index (Phi) is 7.18. The number of nitrogens with zero attached hydrogens (tertiary/aromatic N) is 1. The number of halogens is 1. The predicted octanol–water partition coefficient (Wildman–Crippen LogP) is 5.68. The molecular weight excluding hydrogens is 317 g/mol. The van der Waals surface area contributed by atoms with Crippen LogP contribution in [0.1, 0.15) is 74.2 Å². The summed E-state index contributed by atoms with van der Waals surface area (Å²) in [6, 6.07) is 9.18. The first-order valence-corrected chi connectivity index (χ1v) is 9.12. The third kappa shape index (κ3) is 5.42. The topological polar surface area (TPSA) is 50.1 Å². The van der Waals surface area contributed by atoms with Crippen molar-refractivity contribution in [3.05, 3.63) is 47.3 Å². The molecule has 1 unspecified atom stereocenters. The second-order valence-corrected chi connectivity index (χ2v) is 6.83. The van der Waals surface area contributed by atoms with Gasteiger partial charge in [0.1, 0.15) is 6.07 Å². The summed E-state index contributed by atoms with van der Waals surface area (Å²) in [5.74, 6) is -0.564. The zero-order valence-corrected chi connectivity index (χ0v) is 15.0. The lowest BCUT2D eigenvalue weighted by molar-refractivity contribution is 0.0321. The van der Waals surface area contributed by atoms with Gasteiger partial charge in [0.05, 0.1) is 11.7 Å². The summed E-state index contributed by atoms with van der Waals surface area (Å²) in [5, 5.41) is 8.56. The third-order valence-corrected chi connectivity index (χ3v) is 4.88. The fourth-order valence-electron chi connectivity index (χ4n) is 3.59. The van der Waals surface area contributed by atoms with E-state index < -0.39 is 5.83 Å². The van der Waals surface area contributed by atoms with Crippen LogP contribution < -0.4 is 0 Å². The van der Waals surface area contributed by atoms with Crippen LogP contribution >= 0.6 is 0 Å². The number of carbonyl (C=O) groups is 1. The molecule has 1 aromatic rings. The van der Waals surface area contributed by atoms with Gasteiger partial charge in [-0.2, -0.15) is 9.65 Å². The lowest BCUT2D eigenvalue weighted by Gasteiger charge is -2.28. The van der Waals surface area contributed by atoms with E-state index in [1.165, 1.54) is 6.08 Å². The highest BCUT2D eigenvalue weighted by Crippen LogP contribution is 2.38. The Balaban J connectivity index is 2.06. The minimum atomic E-state index is -0.697. The number of carbonyl (C=O) groups excluding carboxylic acids is 1. The summed E-state index contributed by atoms with van der Waals surface area (Å²) in [6.45, 7) is 3.99. The zero-order valence-electron chi connectivity index (χ0n) is 15.0. The molecule has 25 heavy (non-hydrogen) atoms. The molecule has 0 N–H and O–H groups in total. The summed E-state index contributed by atoms with van der Waals surface area (Å²) in [6.07, 6.45) is 6.61. The number of nitriles is 1. The highest BCUT2D eigenvalue weighted by Gasteiger charge is 2.26. The van der Waals surface area contributed by atoms with E-state index in [-0.39, 0.29) is 23.9 Å². The fourth-order valence-corrected chi connectivity index (χ4v) is 3.59. The summed E-state index contributed by atoms with van der Waals surface area (Å²) < 4.78 is 18.7. The van der Waals surface area contributed by atoms with E-state index in [0.29, 0.717) is 5.56 Å². The van der Waals surface area contributed by atoms with Crippen LogP contribution in [0.5, 0.6) is 0 Å². The number of rotatable bonds is 6. The average molecular weight is 343 g/mol. The Morgan fingerprint density at radius 2 is 2.04 bits per heavy atom. The van der Waals surface area contributed by atoms with Gasteiger partial charge in [-0.3, -0.25) is 0 Å². The van der Waals surface area contributed by atoms with Gasteiger partial charge in [-0.25, -0.2) is 4.79 Å². The van der Waals surface area contributed by atoms with Gasteiger partial charge in [0, 0.05) is 0 Å². The van der Waals surface area contributed by atoms with E-state index in [2.05, 4.69) is 6.92 Å². The van der Waals surface area contributed by atoms with E-state index in [1.54, 1.807) is 6.07 Å². The van der Waals surface area contributed by atoms with Crippen molar-refractivity contribution in [2.75, 3.05) is 0 Å². The molecule has 1 aromatic carbocycles. The van der Waals surface area contributed by atoms with Gasteiger partial charge in [-0.05, 0) is 68.6 Å². The van der Waals surface area contributed by atoms with E-state index >= 15 is 0 Å². The van der Waals surface area contributed by atoms with Gasteiger partial charge in [-0.1, -0.05) is 31.5 Å². The Labute approximate surface area is 149 Å². The third-order valence-electron chi connectivity index (χ3n) is 4.88. The molecule has 0 heterocycles. The van der Waals surface area contributed by atoms with E-state index in [1.807, 2.05) is 31.2 Å². The van der Waals surface area contributed by atoms with Crippen molar-refractivity contribution in [1.29, 1.82) is 5.26 Å². The van der Waals surface area contributed by atoms with Crippen molar-refractivity contribution in [3.63, 3.8) is 0 Å². The van der Waals surface area contributed by atoms with Crippen molar-refractivity contribution in [2.45, 2.75) is 64.4 Å². The Morgan fingerprint density at radius 1 is 1.36 bits per heavy atom. The highest BCUT2D eigenvalue weighted by atomic mass is 19.1. The monoisotopic (exact) mass is 343 g/mol. The van der Waals surface area contributed by atoms with Crippen LogP contribution in [0.25, 0.3) is 0 Å². The number of allylic oxidation sites excluding steroid dienone is 2. The number of ether oxygens (including phenoxy) is 1. The minimum absolute atomic E-state index is 0.0830. The molecule has 0 spiro atoms. The lowest BCUT2D eigenvalue weighted by Crippen LogP contribution is -2.19. The number of benzene rings is 1. The second kappa shape index (κ2) is 9.36. The van der Waals surface area contributed by atoms with Crippen LogP contribution in [0, 0.1) is 17.2 Å². The summed E-state index contributed by atoms with van der Waals surface area (Å²) in [4.78, 5) is 12.5. The normalized spacial score (nSPS) is 22.1. The van der Waals surface area contributed by atoms with Crippen LogP contribution in [-0.4, -0.2) is 12.1 Å². The standard InChI is InChI=1S/C21H26FNO2/c1-3-6-15(2)25-21(24)20-8-5-4-7-19(20)17-11-9-16(10-12-17)13-18(22)14-23/h4-5,7-8,13,15-17H,3,6,9-12H2,1-2H3/t15?,16-,17-. The second-order valence-electron chi connectivity index (χ2n) is 6.83. The quantitative estimate of drug-likeness (QED) is 0.493. The van der Waals surface area contributed by atoms with Gasteiger partial charge < -0.3 is 4.74 Å². The molecule has 0 aromatic heterocycles. The maximum absolute atomic E-state index is 13.1. The molecule has 0 saturated heterocycles. The van der Waals surface area contributed by atoms with Crippen molar-refractivity contribution < 1.29 is 13.9 Å². The van der Waals surface area contributed by atoms with Crippen LogP contribution in [0.15, 0.2) is 36.2 Å². The molecule has 4 heteroatoms. The van der Waals surface area contributed by atoms with Crippen molar-refractivity contribution in [1.82, 2.24) is 0 Å². The first kappa shape index (κ1) is 19.2. The molecule has 1 saturated carbocycles. The van der Waals surface area contributed by atoms with E-state index in [0.717, 1.165) is 44.1 Å². The van der Waals surface area contributed by atoms with Crippen LogP contribution in [0.3, 0.4) is 0 Å². The van der Waals surface area contributed by atoms with Gasteiger partial charge >= 0.3 is 5.97 Å². The molecule has 0 aliphatic heterocycles. The van der Waals surface area contributed by atoms with Gasteiger partial charge in [0.15, 0.2) is 5.83 Å². The van der Waals surface area contributed by atoms with E-state index in [9.17, 15) is 9.18 Å². The van der Waals surface area contributed by atoms with Gasteiger partial charge in [0.25, 0.3) is 0 Å². The van der Waals surface area contributed by atoms with Crippen LogP contribution in [0.2, 0.25) is 0 Å². The molecule has 3 nitrogen and oxygen atoms in total. The number of hydrogen-bond donors (Lipinski definition) is 0.